The van der Waals surface area contributed by atoms with Crippen LogP contribution < -0.4 is 15.5 Å². The zero-order chi connectivity index (χ0) is 20.1. The van der Waals surface area contributed by atoms with Gasteiger partial charge in [-0.1, -0.05) is 23.7 Å². The fourth-order valence-corrected chi connectivity index (χ4v) is 3.09. The van der Waals surface area contributed by atoms with E-state index in [0.29, 0.717) is 23.8 Å². The summed E-state index contributed by atoms with van der Waals surface area (Å²) >= 11 is 5.88. The highest BCUT2D eigenvalue weighted by Crippen LogP contribution is 2.26. The van der Waals surface area contributed by atoms with Crippen LogP contribution in [0.1, 0.15) is 12.0 Å². The van der Waals surface area contributed by atoms with Gasteiger partial charge < -0.3 is 15.0 Å². The summed E-state index contributed by atoms with van der Waals surface area (Å²) in [7, 11) is 1.29. The standard InChI is InChI=1S/C20H20ClN3O4/c1-28-20(27)23-16-6-2-13(3-7-16)11-22-19(26)14-10-18(25)24(12-14)17-8-4-15(21)5-9-17/h2-9,14H,10-12H2,1H3,(H,22,26)(H,23,27). The van der Waals surface area contributed by atoms with Gasteiger partial charge in [-0.05, 0) is 42.0 Å². The molecular weight excluding hydrogens is 382 g/mol. The molecule has 3 rings (SSSR count). The summed E-state index contributed by atoms with van der Waals surface area (Å²) in [5, 5.41) is 6.02. The summed E-state index contributed by atoms with van der Waals surface area (Å²) in [6.07, 6.45) is -0.367. The van der Waals surface area contributed by atoms with Gasteiger partial charge in [-0.2, -0.15) is 0 Å². The Hall–Kier alpha value is -3.06. The molecule has 0 saturated carbocycles. The fourth-order valence-electron chi connectivity index (χ4n) is 2.96. The lowest BCUT2D eigenvalue weighted by atomic mass is 10.1. The molecule has 0 spiro atoms. The van der Waals surface area contributed by atoms with E-state index in [1.807, 2.05) is 0 Å². The van der Waals surface area contributed by atoms with Crippen LogP contribution in [0.25, 0.3) is 0 Å². The van der Waals surface area contributed by atoms with E-state index in [0.717, 1.165) is 11.3 Å². The Morgan fingerprint density at radius 1 is 1.14 bits per heavy atom. The van der Waals surface area contributed by atoms with E-state index in [2.05, 4.69) is 15.4 Å². The van der Waals surface area contributed by atoms with Gasteiger partial charge in [-0.25, -0.2) is 4.79 Å². The normalized spacial score (nSPS) is 16.0. The van der Waals surface area contributed by atoms with Crippen molar-refractivity contribution in [3.63, 3.8) is 0 Å². The Morgan fingerprint density at radius 3 is 2.46 bits per heavy atom. The van der Waals surface area contributed by atoms with Crippen LogP contribution >= 0.6 is 11.6 Å². The van der Waals surface area contributed by atoms with E-state index in [-0.39, 0.29) is 18.2 Å². The second-order valence-electron chi connectivity index (χ2n) is 6.41. The van der Waals surface area contributed by atoms with Gasteiger partial charge in [0.1, 0.15) is 0 Å². The number of carbonyl (C=O) groups is 3. The summed E-state index contributed by atoms with van der Waals surface area (Å²) in [6, 6.07) is 14.0. The molecule has 0 aromatic heterocycles. The van der Waals surface area contributed by atoms with Gasteiger partial charge >= 0.3 is 6.09 Å². The number of benzene rings is 2. The van der Waals surface area contributed by atoms with Crippen LogP contribution in [-0.2, 0) is 20.9 Å². The number of ether oxygens (including phenoxy) is 1. The molecule has 2 N–H and O–H groups in total. The van der Waals surface area contributed by atoms with Gasteiger partial charge in [0, 0.05) is 35.9 Å². The van der Waals surface area contributed by atoms with Crippen LogP contribution in [0.2, 0.25) is 5.02 Å². The first-order chi connectivity index (χ1) is 13.5. The van der Waals surface area contributed by atoms with Gasteiger partial charge in [-0.15, -0.1) is 0 Å². The smallest absolute Gasteiger partial charge is 0.411 e. The zero-order valence-electron chi connectivity index (χ0n) is 15.3. The Kier molecular flexibility index (Phi) is 6.16. The van der Waals surface area contributed by atoms with Crippen LogP contribution in [0.3, 0.4) is 0 Å². The molecule has 7 nitrogen and oxygen atoms in total. The number of hydrogen-bond acceptors (Lipinski definition) is 4. The zero-order valence-corrected chi connectivity index (χ0v) is 16.0. The van der Waals surface area contributed by atoms with Crippen LogP contribution in [-0.4, -0.2) is 31.6 Å². The molecule has 1 aliphatic heterocycles. The quantitative estimate of drug-likeness (QED) is 0.805. The number of rotatable bonds is 5. The predicted molar refractivity (Wildman–Crippen MR) is 106 cm³/mol. The van der Waals surface area contributed by atoms with Crippen molar-refractivity contribution in [2.75, 3.05) is 23.9 Å². The van der Waals surface area contributed by atoms with Gasteiger partial charge in [0.25, 0.3) is 0 Å². The number of anilines is 2. The van der Waals surface area contributed by atoms with E-state index in [4.69, 9.17) is 11.6 Å². The number of nitrogens with zero attached hydrogens (tertiary/aromatic N) is 1. The predicted octanol–water partition coefficient (Wildman–Crippen LogP) is 3.19. The van der Waals surface area contributed by atoms with E-state index >= 15 is 0 Å². The minimum atomic E-state index is -0.544. The van der Waals surface area contributed by atoms with Crippen LogP contribution in [0.5, 0.6) is 0 Å². The molecular formula is C20H20ClN3O4. The molecule has 8 heteroatoms. The Labute approximate surface area is 167 Å². The Balaban J connectivity index is 1.53. The van der Waals surface area contributed by atoms with Crippen molar-refractivity contribution in [1.29, 1.82) is 0 Å². The highest BCUT2D eigenvalue weighted by atomic mass is 35.5. The van der Waals surface area contributed by atoms with E-state index < -0.39 is 12.0 Å². The van der Waals surface area contributed by atoms with Crippen LogP contribution in [0.15, 0.2) is 48.5 Å². The number of amides is 3. The molecule has 0 radical (unpaired) electrons. The highest BCUT2D eigenvalue weighted by molar-refractivity contribution is 6.30. The molecule has 1 fully saturated rings. The molecule has 1 atom stereocenters. The Bertz CT molecular complexity index is 868. The van der Waals surface area contributed by atoms with Crippen LogP contribution in [0.4, 0.5) is 16.2 Å². The molecule has 146 valence electrons. The maximum Gasteiger partial charge on any atom is 0.411 e. The highest BCUT2D eigenvalue weighted by Gasteiger charge is 2.34. The average Bonchev–Trinajstić information content (AvgIpc) is 3.09. The largest absolute Gasteiger partial charge is 0.453 e. The fraction of sp³-hybridized carbons (Fsp3) is 0.250. The van der Waals surface area contributed by atoms with Crippen molar-refractivity contribution >= 4 is 40.9 Å². The van der Waals surface area contributed by atoms with Crippen molar-refractivity contribution in [2.45, 2.75) is 13.0 Å². The molecule has 2 aromatic rings. The summed E-state index contributed by atoms with van der Waals surface area (Å²) in [4.78, 5) is 37.5. The third-order valence-electron chi connectivity index (χ3n) is 4.49. The minimum absolute atomic E-state index is 0.0827. The summed E-state index contributed by atoms with van der Waals surface area (Å²) in [5.74, 6) is -0.647. The first-order valence-electron chi connectivity index (χ1n) is 8.74. The number of carbonyl (C=O) groups excluding carboxylic acids is 3. The van der Waals surface area contributed by atoms with E-state index in [9.17, 15) is 14.4 Å². The molecule has 1 saturated heterocycles. The first kappa shape index (κ1) is 19.7. The lowest BCUT2D eigenvalue weighted by Crippen LogP contribution is -2.32. The third-order valence-corrected chi connectivity index (χ3v) is 4.74. The molecule has 1 unspecified atom stereocenters. The summed E-state index contributed by atoms with van der Waals surface area (Å²) < 4.78 is 4.53. The van der Waals surface area contributed by atoms with Crippen molar-refractivity contribution in [1.82, 2.24) is 5.32 Å². The van der Waals surface area contributed by atoms with E-state index in [1.54, 1.807) is 53.4 Å². The molecule has 1 heterocycles. The number of hydrogen-bond donors (Lipinski definition) is 2. The maximum atomic E-state index is 12.5. The number of nitrogens with one attached hydrogen (secondary N) is 2. The average molecular weight is 402 g/mol. The summed E-state index contributed by atoms with van der Waals surface area (Å²) in [6.45, 7) is 0.678. The summed E-state index contributed by atoms with van der Waals surface area (Å²) in [5.41, 5.74) is 2.21. The first-order valence-corrected chi connectivity index (χ1v) is 9.11. The molecule has 0 bridgehead atoms. The van der Waals surface area contributed by atoms with Gasteiger partial charge in [0.05, 0.1) is 13.0 Å². The SMILES string of the molecule is COC(=O)Nc1ccc(CNC(=O)C2CC(=O)N(c3ccc(Cl)cc3)C2)cc1. The minimum Gasteiger partial charge on any atom is -0.453 e. The third kappa shape index (κ3) is 4.80. The monoisotopic (exact) mass is 401 g/mol. The second kappa shape index (κ2) is 8.75. The van der Waals surface area contributed by atoms with Crippen molar-refractivity contribution in [3.05, 3.63) is 59.1 Å². The van der Waals surface area contributed by atoms with Crippen molar-refractivity contribution < 1.29 is 19.1 Å². The Morgan fingerprint density at radius 2 is 1.82 bits per heavy atom. The lowest BCUT2D eigenvalue weighted by Gasteiger charge is -2.16. The van der Waals surface area contributed by atoms with Crippen molar-refractivity contribution in [3.8, 4) is 0 Å². The molecule has 3 amide bonds. The van der Waals surface area contributed by atoms with Gasteiger partial charge in [-0.3, -0.25) is 14.9 Å². The molecule has 1 aliphatic rings. The van der Waals surface area contributed by atoms with Gasteiger partial charge in [0.15, 0.2) is 0 Å². The molecule has 2 aromatic carbocycles. The number of methoxy groups -OCH3 is 1. The number of halogens is 1. The maximum absolute atomic E-state index is 12.5. The van der Waals surface area contributed by atoms with Crippen LogP contribution in [0, 0.1) is 5.92 Å². The molecule has 28 heavy (non-hydrogen) atoms. The van der Waals surface area contributed by atoms with Gasteiger partial charge in [0.2, 0.25) is 11.8 Å². The molecule has 0 aliphatic carbocycles. The topological polar surface area (TPSA) is 87.7 Å². The second-order valence-corrected chi connectivity index (χ2v) is 6.85. The van der Waals surface area contributed by atoms with Crippen molar-refractivity contribution in [2.24, 2.45) is 5.92 Å². The van der Waals surface area contributed by atoms with E-state index in [1.165, 1.54) is 7.11 Å². The lowest BCUT2D eigenvalue weighted by molar-refractivity contribution is -0.126.